The molecule has 25 heavy (non-hydrogen) atoms. The van der Waals surface area contributed by atoms with Crippen molar-refractivity contribution in [3.8, 4) is 0 Å². The molecule has 3 atom stereocenters. The minimum Gasteiger partial charge on any atom is -0.462 e. The number of carbonyl (C=O) groups is 2. The van der Waals surface area contributed by atoms with Crippen molar-refractivity contribution in [1.29, 1.82) is 0 Å². The number of ether oxygens (including phenoxy) is 2. The molecule has 0 saturated carbocycles. The highest BCUT2D eigenvalue weighted by atomic mass is 16.6. The summed E-state index contributed by atoms with van der Waals surface area (Å²) < 4.78 is 10.5. The van der Waals surface area contributed by atoms with Gasteiger partial charge in [-0.1, -0.05) is 13.8 Å². The van der Waals surface area contributed by atoms with E-state index < -0.39 is 30.1 Å². The van der Waals surface area contributed by atoms with Gasteiger partial charge < -0.3 is 26.0 Å². The van der Waals surface area contributed by atoms with E-state index in [2.05, 4.69) is 15.0 Å². The van der Waals surface area contributed by atoms with Crippen LogP contribution < -0.4 is 11.5 Å². The van der Waals surface area contributed by atoms with E-state index in [1.807, 2.05) is 0 Å². The number of aliphatic hydroxyl groups is 1. The highest BCUT2D eigenvalue weighted by Gasteiger charge is 2.35. The Morgan fingerprint density at radius 3 is 2.80 bits per heavy atom. The van der Waals surface area contributed by atoms with Crippen LogP contribution in [0.15, 0.2) is 15.0 Å². The molecule has 2 aliphatic heterocycles. The van der Waals surface area contributed by atoms with Crippen LogP contribution >= 0.6 is 0 Å². The van der Waals surface area contributed by atoms with Crippen molar-refractivity contribution in [1.82, 2.24) is 4.90 Å². The molecular formula is C14H22N6O5. The first-order valence-electron chi connectivity index (χ1n) is 7.74. The number of rotatable bonds is 8. The SMILES string of the molecule is CC(C)[C@H](N)C(=O)OCC(CO)OCN1C=NC2C(=O)N=C(N)N=C21. The summed E-state index contributed by atoms with van der Waals surface area (Å²) in [7, 11) is 0. The first-order valence-corrected chi connectivity index (χ1v) is 7.74. The average molecular weight is 354 g/mol. The Balaban J connectivity index is 1.85. The maximum Gasteiger partial charge on any atom is 0.323 e. The standard InChI is InChI=1S/C14H22N6O5/c1-7(2)9(15)13(23)24-4-8(3-21)25-6-20-5-17-10-11(20)18-14(16)19-12(10)22/h5,7-10,21H,3-4,6,15H2,1-2H3,(H2,16,19,22)/t8?,9-,10?/m0/s1. The lowest BCUT2D eigenvalue weighted by Gasteiger charge is -2.23. The van der Waals surface area contributed by atoms with Crippen molar-refractivity contribution in [2.45, 2.75) is 32.0 Å². The maximum absolute atomic E-state index is 11.7. The molecule has 1 amide bonds. The molecule has 5 N–H and O–H groups in total. The van der Waals surface area contributed by atoms with Crippen molar-refractivity contribution < 1.29 is 24.2 Å². The Labute approximate surface area is 144 Å². The van der Waals surface area contributed by atoms with E-state index in [0.717, 1.165) is 0 Å². The van der Waals surface area contributed by atoms with Gasteiger partial charge in [0.05, 0.1) is 12.9 Å². The van der Waals surface area contributed by atoms with Gasteiger partial charge in [-0.3, -0.25) is 19.5 Å². The number of hydrogen-bond donors (Lipinski definition) is 3. The van der Waals surface area contributed by atoms with Crippen molar-refractivity contribution in [2.75, 3.05) is 19.9 Å². The molecule has 0 aliphatic carbocycles. The number of hydrogen-bond acceptors (Lipinski definition) is 10. The highest BCUT2D eigenvalue weighted by Crippen LogP contribution is 2.14. The van der Waals surface area contributed by atoms with Crippen molar-refractivity contribution in [3.63, 3.8) is 0 Å². The molecule has 0 saturated heterocycles. The summed E-state index contributed by atoms with van der Waals surface area (Å²) in [6.07, 6.45) is 0.617. The lowest BCUT2D eigenvalue weighted by Crippen LogP contribution is -2.42. The Hall–Kier alpha value is -2.37. The van der Waals surface area contributed by atoms with Gasteiger partial charge in [-0.05, 0) is 5.92 Å². The van der Waals surface area contributed by atoms with Gasteiger partial charge in [-0.25, -0.2) is 0 Å². The zero-order valence-electron chi connectivity index (χ0n) is 14.0. The predicted octanol–water partition coefficient (Wildman–Crippen LogP) is -2.19. The number of carbonyl (C=O) groups excluding carboxylic acids is 2. The molecule has 138 valence electrons. The van der Waals surface area contributed by atoms with E-state index >= 15 is 0 Å². The summed E-state index contributed by atoms with van der Waals surface area (Å²) >= 11 is 0. The van der Waals surface area contributed by atoms with Crippen LogP contribution in [-0.4, -0.2) is 78.1 Å². The van der Waals surface area contributed by atoms with Gasteiger partial charge in [-0.15, -0.1) is 0 Å². The molecule has 0 spiro atoms. The smallest absolute Gasteiger partial charge is 0.323 e. The van der Waals surface area contributed by atoms with Gasteiger partial charge in [0.2, 0.25) is 5.96 Å². The van der Waals surface area contributed by atoms with Crippen LogP contribution in [0.25, 0.3) is 0 Å². The van der Waals surface area contributed by atoms with Gasteiger partial charge in [0.25, 0.3) is 5.91 Å². The van der Waals surface area contributed by atoms with Crippen molar-refractivity contribution >= 4 is 30.0 Å². The summed E-state index contributed by atoms with van der Waals surface area (Å²) in [5.74, 6) is -0.981. The van der Waals surface area contributed by atoms with Crippen molar-refractivity contribution in [2.24, 2.45) is 32.4 Å². The molecule has 2 unspecified atom stereocenters. The Morgan fingerprint density at radius 1 is 1.44 bits per heavy atom. The van der Waals surface area contributed by atoms with Crippen LogP contribution in [-0.2, 0) is 19.1 Å². The number of nitrogens with zero attached hydrogens (tertiary/aromatic N) is 4. The van der Waals surface area contributed by atoms with Gasteiger partial charge in [0.1, 0.15) is 25.5 Å². The Kier molecular flexibility index (Phi) is 6.17. The molecule has 11 heteroatoms. The molecule has 11 nitrogen and oxygen atoms in total. The lowest BCUT2D eigenvalue weighted by molar-refractivity contribution is -0.152. The second-order valence-corrected chi connectivity index (χ2v) is 5.92. The zero-order valence-corrected chi connectivity index (χ0v) is 14.0. The Morgan fingerprint density at radius 2 is 2.16 bits per heavy atom. The molecule has 0 bridgehead atoms. The molecular weight excluding hydrogens is 332 g/mol. The molecule has 0 radical (unpaired) electrons. The fourth-order valence-electron chi connectivity index (χ4n) is 2.03. The van der Waals surface area contributed by atoms with Gasteiger partial charge in [0, 0.05) is 0 Å². The number of nitrogens with two attached hydrogens (primary N) is 2. The highest BCUT2D eigenvalue weighted by molar-refractivity contribution is 6.21. The van der Waals surface area contributed by atoms with Gasteiger partial charge in [-0.2, -0.15) is 9.98 Å². The fraction of sp³-hybridized carbons (Fsp3) is 0.643. The zero-order chi connectivity index (χ0) is 18.6. The van der Waals surface area contributed by atoms with E-state index in [9.17, 15) is 14.7 Å². The van der Waals surface area contributed by atoms with E-state index in [0.29, 0.717) is 5.84 Å². The third kappa shape index (κ3) is 4.59. The second-order valence-electron chi connectivity index (χ2n) is 5.92. The van der Waals surface area contributed by atoms with Crippen LogP contribution in [0.1, 0.15) is 13.8 Å². The summed E-state index contributed by atoms with van der Waals surface area (Å²) in [6.45, 7) is 3.03. The number of amidine groups is 1. The van der Waals surface area contributed by atoms with Crippen LogP contribution in [0.3, 0.4) is 0 Å². The van der Waals surface area contributed by atoms with Crippen LogP contribution in [0.5, 0.6) is 0 Å². The minimum absolute atomic E-state index is 0.0571. The number of fused-ring (bicyclic) bond motifs is 1. The normalized spacial score (nSPS) is 21.7. The van der Waals surface area contributed by atoms with Gasteiger partial charge >= 0.3 is 5.97 Å². The van der Waals surface area contributed by atoms with E-state index in [1.54, 1.807) is 13.8 Å². The second kappa shape index (κ2) is 8.14. The van der Waals surface area contributed by atoms with Crippen LogP contribution in [0, 0.1) is 5.92 Å². The number of esters is 1. The molecule has 2 rings (SSSR count). The minimum atomic E-state index is -0.828. The van der Waals surface area contributed by atoms with Crippen LogP contribution in [0.2, 0.25) is 0 Å². The quantitative estimate of drug-likeness (QED) is 0.414. The number of aliphatic imine (C=N–C) groups is 3. The van der Waals surface area contributed by atoms with E-state index in [1.165, 1.54) is 11.2 Å². The van der Waals surface area contributed by atoms with E-state index in [4.69, 9.17) is 20.9 Å². The average Bonchev–Trinajstić information content (AvgIpc) is 2.97. The van der Waals surface area contributed by atoms with Gasteiger partial charge in [0.15, 0.2) is 11.9 Å². The molecule has 0 aromatic rings. The summed E-state index contributed by atoms with van der Waals surface area (Å²) in [5, 5.41) is 9.35. The maximum atomic E-state index is 11.7. The molecule has 0 aromatic carbocycles. The third-order valence-electron chi connectivity index (χ3n) is 3.64. The third-order valence-corrected chi connectivity index (χ3v) is 3.64. The molecule has 2 aliphatic rings. The number of amides is 1. The van der Waals surface area contributed by atoms with E-state index in [-0.39, 0.29) is 31.8 Å². The summed E-state index contributed by atoms with van der Waals surface area (Å²) in [5.41, 5.74) is 11.2. The number of guanidine groups is 1. The Bertz CT molecular complexity index is 617. The first kappa shape index (κ1) is 19.0. The molecule has 0 aromatic heterocycles. The summed E-state index contributed by atoms with van der Waals surface area (Å²) in [4.78, 5) is 36.4. The number of aliphatic hydroxyl groups excluding tert-OH is 1. The monoisotopic (exact) mass is 354 g/mol. The lowest BCUT2D eigenvalue weighted by atomic mass is 10.1. The molecule has 2 heterocycles. The largest absolute Gasteiger partial charge is 0.462 e. The fourth-order valence-corrected chi connectivity index (χ4v) is 2.03. The van der Waals surface area contributed by atoms with Crippen molar-refractivity contribution in [3.05, 3.63) is 0 Å². The predicted molar refractivity (Wildman–Crippen MR) is 88.8 cm³/mol. The topological polar surface area (TPSA) is 165 Å². The first-order chi connectivity index (χ1) is 11.8. The summed E-state index contributed by atoms with van der Waals surface area (Å²) in [6, 6.07) is -1.57. The van der Waals surface area contributed by atoms with Crippen LogP contribution in [0.4, 0.5) is 0 Å². The molecule has 0 fully saturated rings.